The molecule has 4 aliphatic rings. The quantitative estimate of drug-likeness (QED) is 0.469. The third-order valence-electron chi connectivity index (χ3n) is 10.7. The Labute approximate surface area is 212 Å². The summed E-state index contributed by atoms with van der Waals surface area (Å²) in [6.07, 6.45) is 15.6. The Balaban J connectivity index is 0.000000274. The van der Waals surface area contributed by atoms with E-state index in [1.807, 2.05) is 50.3 Å². The molecule has 0 spiro atoms. The second-order valence-electron chi connectivity index (χ2n) is 12.8. The van der Waals surface area contributed by atoms with Crippen molar-refractivity contribution in [3.05, 3.63) is 42.5 Å². The third kappa shape index (κ3) is 5.66. The number of benzene rings is 1. The molecule has 0 radical (unpaired) electrons. The van der Waals surface area contributed by atoms with Gasteiger partial charge in [0.1, 0.15) is 0 Å². The van der Waals surface area contributed by atoms with E-state index in [4.69, 9.17) is 0 Å². The highest BCUT2D eigenvalue weighted by Gasteiger charge is 2.57. The van der Waals surface area contributed by atoms with E-state index in [9.17, 15) is 0 Å². The number of nitrogens with one attached hydrogen (secondary N) is 1. The van der Waals surface area contributed by atoms with Gasteiger partial charge >= 0.3 is 0 Å². The summed E-state index contributed by atoms with van der Waals surface area (Å²) in [6.45, 7) is 17.8. The van der Waals surface area contributed by atoms with Gasteiger partial charge in [-0.1, -0.05) is 77.6 Å². The lowest BCUT2D eigenvalue weighted by atomic mass is 9.48. The minimum Gasteiger partial charge on any atom is -0.317 e. The number of hydrogen-bond acceptors (Lipinski definition) is 1. The summed E-state index contributed by atoms with van der Waals surface area (Å²) in [6, 6.07) is 10.7. The predicted octanol–water partition coefficient (Wildman–Crippen LogP) is 9.25. The minimum atomic E-state index is 0.623. The lowest BCUT2D eigenvalue weighted by Gasteiger charge is -2.57. The first-order chi connectivity index (χ1) is 16.3. The average Bonchev–Trinajstić information content (AvgIpc) is 3.22. The van der Waals surface area contributed by atoms with Gasteiger partial charge in [0, 0.05) is 6.04 Å². The van der Waals surface area contributed by atoms with Crippen molar-refractivity contribution in [1.29, 1.82) is 0 Å². The molecule has 0 aromatic heterocycles. The molecule has 1 N–H and O–H groups in total. The van der Waals surface area contributed by atoms with Gasteiger partial charge in [0.2, 0.25) is 0 Å². The molecule has 1 aromatic rings. The van der Waals surface area contributed by atoms with E-state index in [1.54, 1.807) is 25.7 Å². The van der Waals surface area contributed by atoms with Gasteiger partial charge in [0.25, 0.3) is 0 Å². The zero-order valence-electron chi connectivity index (χ0n) is 23.6. The molecule has 0 heterocycles. The van der Waals surface area contributed by atoms with Crippen LogP contribution in [-0.2, 0) is 0 Å². The van der Waals surface area contributed by atoms with Crippen LogP contribution in [0.4, 0.5) is 0 Å². The van der Waals surface area contributed by atoms with Gasteiger partial charge in [-0.2, -0.15) is 0 Å². The molecule has 0 bridgehead atoms. The molecule has 0 amide bonds. The van der Waals surface area contributed by atoms with E-state index < -0.39 is 0 Å². The van der Waals surface area contributed by atoms with Crippen LogP contribution in [0.2, 0.25) is 0 Å². The Hall–Kier alpha value is -1.08. The van der Waals surface area contributed by atoms with Gasteiger partial charge in [-0.15, -0.1) is 0 Å². The van der Waals surface area contributed by atoms with Crippen molar-refractivity contribution < 1.29 is 0 Å². The molecular formula is C33H55N. The first-order valence-corrected chi connectivity index (χ1v) is 14.6. The van der Waals surface area contributed by atoms with Crippen LogP contribution < -0.4 is 5.32 Å². The van der Waals surface area contributed by atoms with Crippen LogP contribution >= 0.6 is 0 Å². The Morgan fingerprint density at radius 2 is 1.56 bits per heavy atom. The normalized spacial score (nSPS) is 38.4. The smallest absolute Gasteiger partial charge is 0.00693 e. The van der Waals surface area contributed by atoms with Crippen LogP contribution in [0.25, 0.3) is 6.08 Å². The van der Waals surface area contributed by atoms with E-state index in [2.05, 4.69) is 46.6 Å². The maximum Gasteiger partial charge on any atom is 0.00693 e. The largest absolute Gasteiger partial charge is 0.317 e. The first-order valence-electron chi connectivity index (χ1n) is 14.6. The van der Waals surface area contributed by atoms with Crippen LogP contribution in [-0.4, -0.2) is 13.1 Å². The Morgan fingerprint density at radius 1 is 0.882 bits per heavy atom. The summed E-state index contributed by atoms with van der Waals surface area (Å²) in [5.74, 6) is 6.25. The van der Waals surface area contributed by atoms with Crippen molar-refractivity contribution >= 4 is 6.08 Å². The highest BCUT2D eigenvalue weighted by molar-refractivity contribution is 5.45. The van der Waals surface area contributed by atoms with E-state index in [0.29, 0.717) is 16.9 Å². The minimum absolute atomic E-state index is 0.623. The lowest BCUT2D eigenvalue weighted by molar-refractivity contribution is -0.0783. The SMILES string of the molecule is C=Cc1ccccc1.CC.CNC(C)C1CCC2C3CCC4CC(C)(C)CCC4C3CCC12C. The van der Waals surface area contributed by atoms with E-state index in [-0.39, 0.29) is 0 Å². The summed E-state index contributed by atoms with van der Waals surface area (Å²) < 4.78 is 0. The molecule has 8 atom stereocenters. The van der Waals surface area contributed by atoms with Crippen molar-refractivity contribution in [2.45, 2.75) is 105 Å². The molecule has 5 rings (SSSR count). The number of hydrogen-bond donors (Lipinski definition) is 1. The van der Waals surface area contributed by atoms with Gasteiger partial charge in [-0.3, -0.25) is 0 Å². The van der Waals surface area contributed by atoms with E-state index in [1.165, 1.54) is 37.7 Å². The summed E-state index contributed by atoms with van der Waals surface area (Å²) in [5, 5.41) is 3.59. The zero-order valence-corrected chi connectivity index (χ0v) is 23.6. The van der Waals surface area contributed by atoms with Crippen LogP contribution in [0.1, 0.15) is 105 Å². The molecule has 192 valence electrons. The molecule has 0 aliphatic heterocycles. The van der Waals surface area contributed by atoms with Crippen LogP contribution in [0.5, 0.6) is 0 Å². The van der Waals surface area contributed by atoms with Gasteiger partial charge in [0.15, 0.2) is 0 Å². The molecule has 1 aromatic carbocycles. The predicted molar refractivity (Wildman–Crippen MR) is 151 cm³/mol. The van der Waals surface area contributed by atoms with Crippen LogP contribution in [0.3, 0.4) is 0 Å². The van der Waals surface area contributed by atoms with Gasteiger partial charge in [-0.25, -0.2) is 0 Å². The fraction of sp³-hybridized carbons (Fsp3) is 0.758. The van der Waals surface area contributed by atoms with Crippen LogP contribution in [0, 0.1) is 46.3 Å². The van der Waals surface area contributed by atoms with Crippen molar-refractivity contribution in [2.75, 3.05) is 7.05 Å². The third-order valence-corrected chi connectivity index (χ3v) is 10.7. The maximum absolute atomic E-state index is 3.63. The molecule has 4 fully saturated rings. The standard InChI is InChI=1S/C23H41N.C8H8.C2H6/c1-15(24-5)20-8-9-21-19-7-6-16-14-22(2,3)12-10-17(16)18(19)11-13-23(20,21)4;1-2-8-6-4-3-5-7-8;1-2/h15-21,24H,6-14H2,1-5H3;2-7H,1H2;1-2H3. The highest BCUT2D eigenvalue weighted by Crippen LogP contribution is 2.65. The summed E-state index contributed by atoms with van der Waals surface area (Å²) in [4.78, 5) is 0. The maximum atomic E-state index is 3.63. The zero-order chi connectivity index (χ0) is 24.9. The fourth-order valence-corrected chi connectivity index (χ4v) is 8.96. The molecule has 1 heteroatoms. The van der Waals surface area contributed by atoms with Gasteiger partial charge in [0.05, 0.1) is 0 Å². The molecule has 8 unspecified atom stereocenters. The monoisotopic (exact) mass is 465 g/mol. The Kier molecular flexibility index (Phi) is 9.52. The van der Waals surface area contributed by atoms with Gasteiger partial charge < -0.3 is 5.32 Å². The second kappa shape index (κ2) is 11.8. The lowest BCUT2D eigenvalue weighted by Crippen LogP contribution is -2.51. The van der Waals surface area contributed by atoms with Crippen molar-refractivity contribution in [3.8, 4) is 0 Å². The summed E-state index contributed by atoms with van der Waals surface area (Å²) >= 11 is 0. The summed E-state index contributed by atoms with van der Waals surface area (Å²) in [5.41, 5.74) is 2.43. The molecule has 34 heavy (non-hydrogen) atoms. The highest BCUT2D eigenvalue weighted by atomic mass is 14.9. The van der Waals surface area contributed by atoms with E-state index >= 15 is 0 Å². The Bertz CT molecular complexity index is 751. The molecule has 1 nitrogen and oxygen atoms in total. The van der Waals surface area contributed by atoms with E-state index in [0.717, 1.165) is 35.5 Å². The molecule has 0 saturated heterocycles. The molecular weight excluding hydrogens is 410 g/mol. The summed E-state index contributed by atoms with van der Waals surface area (Å²) in [7, 11) is 2.17. The average molecular weight is 466 g/mol. The second-order valence-corrected chi connectivity index (χ2v) is 12.8. The topological polar surface area (TPSA) is 12.0 Å². The van der Waals surface area contributed by atoms with Gasteiger partial charge in [-0.05, 0) is 124 Å². The molecule has 4 aliphatic carbocycles. The molecule has 4 saturated carbocycles. The number of fused-ring (bicyclic) bond motifs is 5. The Morgan fingerprint density at radius 3 is 2.18 bits per heavy atom. The van der Waals surface area contributed by atoms with Crippen molar-refractivity contribution in [2.24, 2.45) is 46.3 Å². The fourth-order valence-electron chi connectivity index (χ4n) is 8.96. The van der Waals surface area contributed by atoms with Crippen molar-refractivity contribution in [1.82, 2.24) is 5.32 Å². The first kappa shape index (κ1) is 27.5. The van der Waals surface area contributed by atoms with Crippen LogP contribution in [0.15, 0.2) is 36.9 Å². The number of rotatable bonds is 3. The van der Waals surface area contributed by atoms with Crippen molar-refractivity contribution in [3.63, 3.8) is 0 Å².